The van der Waals surface area contributed by atoms with Crippen LogP contribution in [-0.2, 0) is 22.5 Å². The summed E-state index contributed by atoms with van der Waals surface area (Å²) in [6, 6.07) is 16.1. The number of nitrogens with one attached hydrogen (secondary N) is 3. The van der Waals surface area contributed by atoms with Gasteiger partial charge in [-0.05, 0) is 50.8 Å². The van der Waals surface area contributed by atoms with Crippen molar-refractivity contribution in [1.82, 2.24) is 25.4 Å². The quantitative estimate of drug-likeness (QED) is 0.347. The predicted molar refractivity (Wildman–Crippen MR) is 161 cm³/mol. The average Bonchev–Trinajstić information content (AvgIpc) is 3.33. The molecular weight excluding hydrogens is 538 g/mol. The number of benzene rings is 2. The van der Waals surface area contributed by atoms with Gasteiger partial charge in [0.1, 0.15) is 11.6 Å². The van der Waals surface area contributed by atoms with E-state index in [0.717, 1.165) is 28.5 Å². The average molecular weight is 576 g/mol. The van der Waals surface area contributed by atoms with E-state index in [4.69, 9.17) is 17.0 Å². The number of carbonyl (C=O) groups is 3. The Hall–Kier alpha value is -3.92. The molecule has 1 aromatic heterocycles. The van der Waals surface area contributed by atoms with Gasteiger partial charge in [-0.2, -0.15) is 0 Å². The number of carbonyl (C=O) groups excluding carboxylic acids is 3. The van der Waals surface area contributed by atoms with Crippen LogP contribution in [0.15, 0.2) is 60.8 Å². The van der Waals surface area contributed by atoms with Gasteiger partial charge < -0.3 is 25.3 Å². The van der Waals surface area contributed by atoms with Crippen LogP contribution in [0.1, 0.15) is 51.2 Å². The monoisotopic (exact) mass is 575 g/mol. The molecule has 2 saturated heterocycles. The minimum atomic E-state index is -0.875. The number of H-pyrrole nitrogens is 1. The predicted octanol–water partition coefficient (Wildman–Crippen LogP) is 4.91. The molecule has 2 fully saturated rings. The maximum Gasteiger partial charge on any atom is 0.408 e. The molecule has 3 N–H and O–H groups in total. The van der Waals surface area contributed by atoms with Crippen molar-refractivity contribution in [3.05, 3.63) is 71.9 Å². The molecule has 4 amide bonds. The van der Waals surface area contributed by atoms with Crippen molar-refractivity contribution < 1.29 is 19.1 Å². The van der Waals surface area contributed by atoms with Gasteiger partial charge in [-0.1, -0.05) is 60.7 Å². The number of aromatic nitrogens is 1. The van der Waals surface area contributed by atoms with Crippen molar-refractivity contribution in [3.63, 3.8) is 0 Å². The molecule has 2 aromatic carbocycles. The number of hydrogen-bond donors (Lipinski definition) is 3. The van der Waals surface area contributed by atoms with Crippen LogP contribution >= 0.6 is 12.2 Å². The molecule has 9 nitrogen and oxygen atoms in total. The molecule has 41 heavy (non-hydrogen) atoms. The number of thiocarbonyl (C=S) groups is 1. The smallest absolute Gasteiger partial charge is 0.408 e. The van der Waals surface area contributed by atoms with E-state index < -0.39 is 17.7 Å². The zero-order valence-electron chi connectivity index (χ0n) is 23.7. The number of fused-ring (bicyclic) bond motifs is 2. The molecule has 0 saturated carbocycles. The number of alkyl carbamates (subject to hydrolysis) is 1. The van der Waals surface area contributed by atoms with Crippen LogP contribution in [0, 0.1) is 0 Å². The molecule has 0 radical (unpaired) electrons. The Kier molecular flexibility index (Phi) is 8.30. The lowest BCUT2D eigenvalue weighted by atomic mass is 9.91. The molecule has 10 heteroatoms. The Labute approximate surface area is 245 Å². The van der Waals surface area contributed by atoms with Crippen molar-refractivity contribution in [2.75, 3.05) is 6.54 Å². The van der Waals surface area contributed by atoms with Gasteiger partial charge in [-0.3, -0.25) is 9.69 Å². The van der Waals surface area contributed by atoms with Crippen LogP contribution in [0.4, 0.5) is 9.59 Å². The Morgan fingerprint density at radius 3 is 2.61 bits per heavy atom. The fraction of sp³-hybridized carbons (Fsp3) is 0.419. The van der Waals surface area contributed by atoms with E-state index in [1.54, 1.807) is 25.7 Å². The molecule has 3 atom stereocenters. The number of nitrogens with zero attached hydrogens (tertiary/aromatic N) is 2. The summed E-state index contributed by atoms with van der Waals surface area (Å²) in [7, 11) is 0. The summed E-state index contributed by atoms with van der Waals surface area (Å²) in [6.45, 7) is 6.37. The lowest BCUT2D eigenvalue weighted by Crippen LogP contribution is -2.65. The Morgan fingerprint density at radius 2 is 1.85 bits per heavy atom. The lowest BCUT2D eigenvalue weighted by molar-refractivity contribution is -0.124. The molecule has 2 aliphatic rings. The first kappa shape index (κ1) is 28.6. The summed E-state index contributed by atoms with van der Waals surface area (Å²) in [5, 5.41) is 6.94. The van der Waals surface area contributed by atoms with Gasteiger partial charge in [0.15, 0.2) is 0 Å². The fourth-order valence-electron chi connectivity index (χ4n) is 5.65. The summed E-state index contributed by atoms with van der Waals surface area (Å²) in [5.41, 5.74) is 2.17. The minimum Gasteiger partial charge on any atom is -0.444 e. The minimum absolute atomic E-state index is 0.128. The molecule has 0 aliphatic carbocycles. The van der Waals surface area contributed by atoms with E-state index >= 15 is 0 Å². The zero-order chi connectivity index (χ0) is 29.1. The molecule has 0 spiro atoms. The summed E-state index contributed by atoms with van der Waals surface area (Å²) in [6.07, 6.45) is 3.45. The van der Waals surface area contributed by atoms with Crippen LogP contribution in [0.5, 0.6) is 0 Å². The standard InChI is InChI=1S/C31H37N5O4S/c1-31(2,3)40-29(38)34-25(16-21-18-32-23-13-8-7-12-22(21)23)28(37)33-24-14-9-15-35-26(24)17-27(41)36(30(35)39)19-20-10-5-4-6-11-20/h4-8,10-13,18,24-26,32H,9,14-17,19H2,1-3H3,(H,33,37)(H,34,38)/t24-,25?,26+/m1/s1. The van der Waals surface area contributed by atoms with Gasteiger partial charge in [0.2, 0.25) is 5.91 Å². The summed E-state index contributed by atoms with van der Waals surface area (Å²) < 4.78 is 5.48. The highest BCUT2D eigenvalue weighted by Gasteiger charge is 2.43. The normalized spacial score (nSPS) is 20.0. The maximum atomic E-state index is 13.8. The third-order valence-corrected chi connectivity index (χ3v) is 7.94. The van der Waals surface area contributed by atoms with Crippen LogP contribution in [0.25, 0.3) is 10.9 Å². The molecule has 5 rings (SSSR count). The first-order chi connectivity index (χ1) is 19.6. The number of piperidine rings is 1. The Bertz CT molecular complexity index is 1430. The Morgan fingerprint density at radius 1 is 1.12 bits per heavy atom. The molecular formula is C31H37N5O4S. The van der Waals surface area contributed by atoms with Crippen molar-refractivity contribution in [1.29, 1.82) is 0 Å². The van der Waals surface area contributed by atoms with Crippen molar-refractivity contribution in [3.8, 4) is 0 Å². The van der Waals surface area contributed by atoms with Crippen LogP contribution in [0.2, 0.25) is 0 Å². The summed E-state index contributed by atoms with van der Waals surface area (Å²) >= 11 is 5.71. The third-order valence-electron chi connectivity index (χ3n) is 7.56. The number of hydrogen-bond acceptors (Lipinski definition) is 5. The molecule has 0 bridgehead atoms. The number of rotatable bonds is 7. The first-order valence-electron chi connectivity index (χ1n) is 14.1. The SMILES string of the molecule is CC(C)(C)OC(=O)NC(Cc1c[nH]c2ccccc12)C(=O)N[C@@H]1CCCN2C(=O)N(Cc3ccccc3)C(=S)C[C@@H]12. The number of urea groups is 1. The molecule has 3 heterocycles. The second kappa shape index (κ2) is 11.9. The molecule has 2 aliphatic heterocycles. The summed E-state index contributed by atoms with van der Waals surface area (Å²) in [4.78, 5) is 47.4. The van der Waals surface area contributed by atoms with Crippen molar-refractivity contribution in [2.45, 2.75) is 76.7 Å². The maximum absolute atomic E-state index is 13.8. The van der Waals surface area contributed by atoms with Gasteiger partial charge in [0.05, 0.1) is 17.6 Å². The third kappa shape index (κ3) is 6.70. The van der Waals surface area contributed by atoms with Crippen molar-refractivity contribution in [2.24, 2.45) is 0 Å². The first-order valence-corrected chi connectivity index (χ1v) is 14.5. The van der Waals surface area contributed by atoms with Crippen molar-refractivity contribution >= 4 is 46.1 Å². The molecule has 3 aromatic rings. The van der Waals surface area contributed by atoms with E-state index in [1.807, 2.05) is 65.7 Å². The van der Waals surface area contributed by atoms with Gasteiger partial charge >= 0.3 is 12.1 Å². The van der Waals surface area contributed by atoms with Crippen LogP contribution in [-0.4, -0.2) is 68.1 Å². The lowest BCUT2D eigenvalue weighted by Gasteiger charge is -2.48. The zero-order valence-corrected chi connectivity index (χ0v) is 24.5. The second-order valence-electron chi connectivity index (χ2n) is 11.7. The highest BCUT2D eigenvalue weighted by Crippen LogP contribution is 2.29. The number of aromatic amines is 1. The van der Waals surface area contributed by atoms with E-state index in [0.29, 0.717) is 30.9 Å². The summed E-state index contributed by atoms with van der Waals surface area (Å²) in [5.74, 6) is -0.321. The number of amides is 4. The van der Waals surface area contributed by atoms with Gasteiger partial charge in [-0.15, -0.1) is 0 Å². The number of ether oxygens (including phenoxy) is 1. The largest absolute Gasteiger partial charge is 0.444 e. The fourth-order valence-corrected chi connectivity index (χ4v) is 5.96. The Balaban J connectivity index is 1.32. The topological polar surface area (TPSA) is 107 Å². The highest BCUT2D eigenvalue weighted by molar-refractivity contribution is 7.80. The van der Waals surface area contributed by atoms with Crippen LogP contribution < -0.4 is 10.6 Å². The van der Waals surface area contributed by atoms with E-state index in [9.17, 15) is 14.4 Å². The van der Waals surface area contributed by atoms with Gasteiger partial charge in [0.25, 0.3) is 0 Å². The molecule has 216 valence electrons. The van der Waals surface area contributed by atoms with Crippen LogP contribution in [0.3, 0.4) is 0 Å². The number of para-hydroxylation sites is 1. The highest BCUT2D eigenvalue weighted by atomic mass is 32.1. The van der Waals surface area contributed by atoms with E-state index in [-0.39, 0.29) is 30.4 Å². The van der Waals surface area contributed by atoms with E-state index in [2.05, 4.69) is 15.6 Å². The van der Waals surface area contributed by atoms with Gasteiger partial charge in [-0.25, -0.2) is 9.59 Å². The molecule has 1 unspecified atom stereocenters. The second-order valence-corrected chi connectivity index (χ2v) is 12.2. The van der Waals surface area contributed by atoms with E-state index in [1.165, 1.54) is 0 Å². The van der Waals surface area contributed by atoms with Gasteiger partial charge in [0, 0.05) is 42.5 Å².